The summed E-state index contributed by atoms with van der Waals surface area (Å²) in [6.07, 6.45) is 0.793. The van der Waals surface area contributed by atoms with Gasteiger partial charge in [0.15, 0.2) is 0 Å². The lowest BCUT2D eigenvalue weighted by Crippen LogP contribution is -2.36. The van der Waals surface area contributed by atoms with Crippen molar-refractivity contribution in [2.24, 2.45) is 0 Å². The molecule has 2 atom stereocenters. The highest BCUT2D eigenvalue weighted by Gasteiger charge is 2.39. The molecule has 4 heteroatoms. The highest BCUT2D eigenvalue weighted by Crippen LogP contribution is 2.33. The van der Waals surface area contributed by atoms with Crippen molar-refractivity contribution in [3.05, 3.63) is 35.4 Å². The zero-order chi connectivity index (χ0) is 12.4. The van der Waals surface area contributed by atoms with Gasteiger partial charge in [0.05, 0.1) is 5.56 Å². The molecule has 1 aliphatic rings. The van der Waals surface area contributed by atoms with Gasteiger partial charge in [-0.2, -0.15) is 0 Å². The summed E-state index contributed by atoms with van der Waals surface area (Å²) in [5, 5.41) is 9.28. The number of carboxylic acid groups (broad SMARTS) is 1. The summed E-state index contributed by atoms with van der Waals surface area (Å²) in [6.45, 7) is 1.94. The van der Waals surface area contributed by atoms with E-state index in [0.717, 1.165) is 6.42 Å². The van der Waals surface area contributed by atoms with Crippen molar-refractivity contribution in [1.29, 1.82) is 0 Å². The minimum Gasteiger partial charge on any atom is -0.481 e. The Balaban J connectivity index is 2.46. The maximum absolute atomic E-state index is 11.7. The standard InChI is InChI=1S/C13H14O4/c1-2-5-10-11(12(14)15)8-6-3-4-7-9(8)13(16)17-10/h3-4,6-7,10-11H,2,5H2,1H3,(H,14,15)/t10-,11-/m0/s1. The Morgan fingerprint density at radius 1 is 1.41 bits per heavy atom. The molecule has 0 spiro atoms. The molecule has 1 aliphatic heterocycles. The minimum atomic E-state index is -0.941. The number of aliphatic carboxylic acids is 1. The molecule has 0 fully saturated rings. The number of benzene rings is 1. The van der Waals surface area contributed by atoms with Gasteiger partial charge in [-0.25, -0.2) is 4.79 Å². The molecule has 17 heavy (non-hydrogen) atoms. The van der Waals surface area contributed by atoms with Gasteiger partial charge in [-0.3, -0.25) is 4.79 Å². The largest absolute Gasteiger partial charge is 0.481 e. The van der Waals surface area contributed by atoms with E-state index in [1.165, 1.54) is 0 Å². The van der Waals surface area contributed by atoms with E-state index in [1.54, 1.807) is 24.3 Å². The second-order valence-electron chi connectivity index (χ2n) is 4.14. The van der Waals surface area contributed by atoms with E-state index in [-0.39, 0.29) is 0 Å². The van der Waals surface area contributed by atoms with Crippen LogP contribution in [0.5, 0.6) is 0 Å². The van der Waals surface area contributed by atoms with E-state index < -0.39 is 24.0 Å². The molecule has 0 aromatic heterocycles. The molecule has 1 aromatic carbocycles. The molecular weight excluding hydrogens is 220 g/mol. The van der Waals surface area contributed by atoms with E-state index in [1.807, 2.05) is 6.92 Å². The third-order valence-corrected chi connectivity index (χ3v) is 2.99. The number of fused-ring (bicyclic) bond motifs is 1. The summed E-state index contributed by atoms with van der Waals surface area (Å²) in [4.78, 5) is 23.0. The molecule has 2 rings (SSSR count). The number of carbonyl (C=O) groups excluding carboxylic acids is 1. The Hall–Kier alpha value is -1.84. The van der Waals surface area contributed by atoms with Gasteiger partial charge in [0.2, 0.25) is 0 Å². The van der Waals surface area contributed by atoms with E-state index in [0.29, 0.717) is 17.5 Å². The first-order chi connectivity index (χ1) is 8.15. The first-order valence-electron chi connectivity index (χ1n) is 5.68. The minimum absolute atomic E-state index is 0.368. The maximum Gasteiger partial charge on any atom is 0.338 e. The van der Waals surface area contributed by atoms with Crippen LogP contribution in [-0.2, 0) is 9.53 Å². The van der Waals surface area contributed by atoms with Crippen LogP contribution < -0.4 is 0 Å². The second kappa shape index (κ2) is 4.57. The topological polar surface area (TPSA) is 63.6 Å². The molecule has 90 valence electrons. The van der Waals surface area contributed by atoms with Crippen LogP contribution in [0, 0.1) is 0 Å². The third kappa shape index (κ3) is 2.02. The Morgan fingerprint density at radius 3 is 2.76 bits per heavy atom. The van der Waals surface area contributed by atoms with Crippen molar-refractivity contribution in [1.82, 2.24) is 0 Å². The van der Waals surface area contributed by atoms with Crippen LogP contribution in [0.25, 0.3) is 0 Å². The zero-order valence-electron chi connectivity index (χ0n) is 9.55. The van der Waals surface area contributed by atoms with Crippen molar-refractivity contribution >= 4 is 11.9 Å². The molecule has 0 amide bonds. The van der Waals surface area contributed by atoms with Gasteiger partial charge in [-0.05, 0) is 18.1 Å². The van der Waals surface area contributed by atoms with Gasteiger partial charge in [-0.15, -0.1) is 0 Å². The quantitative estimate of drug-likeness (QED) is 0.814. The lowest BCUT2D eigenvalue weighted by molar-refractivity contribution is -0.142. The van der Waals surface area contributed by atoms with E-state index in [2.05, 4.69) is 0 Å². The molecule has 0 saturated heterocycles. The average molecular weight is 234 g/mol. The Labute approximate surface area is 99.2 Å². The van der Waals surface area contributed by atoms with Crippen molar-refractivity contribution in [3.8, 4) is 0 Å². The molecule has 1 N–H and O–H groups in total. The smallest absolute Gasteiger partial charge is 0.338 e. The average Bonchev–Trinajstić information content (AvgIpc) is 2.29. The summed E-state index contributed by atoms with van der Waals surface area (Å²) >= 11 is 0. The molecule has 0 bridgehead atoms. The number of cyclic esters (lactones) is 1. The first kappa shape index (κ1) is 11.6. The van der Waals surface area contributed by atoms with Gasteiger partial charge in [-0.1, -0.05) is 31.5 Å². The first-order valence-corrected chi connectivity index (χ1v) is 5.68. The summed E-state index contributed by atoms with van der Waals surface area (Å²) in [5.74, 6) is -2.11. The van der Waals surface area contributed by atoms with E-state index in [4.69, 9.17) is 4.74 Å². The molecule has 0 radical (unpaired) electrons. The van der Waals surface area contributed by atoms with Gasteiger partial charge < -0.3 is 9.84 Å². The SMILES string of the molecule is CCC[C@@H]1OC(=O)c2ccccc2[C@@H]1C(=O)O. The number of hydrogen-bond acceptors (Lipinski definition) is 3. The number of esters is 1. The van der Waals surface area contributed by atoms with Gasteiger partial charge >= 0.3 is 11.9 Å². The van der Waals surface area contributed by atoms with Crippen LogP contribution in [0.15, 0.2) is 24.3 Å². The van der Waals surface area contributed by atoms with Crippen molar-refractivity contribution in [2.45, 2.75) is 31.8 Å². The molecule has 0 unspecified atom stereocenters. The van der Waals surface area contributed by atoms with Crippen LogP contribution in [0.4, 0.5) is 0 Å². The van der Waals surface area contributed by atoms with Gasteiger partial charge in [0, 0.05) is 0 Å². The highest BCUT2D eigenvalue weighted by molar-refractivity contribution is 5.95. The van der Waals surface area contributed by atoms with Crippen LogP contribution >= 0.6 is 0 Å². The fourth-order valence-corrected chi connectivity index (χ4v) is 2.23. The molecule has 1 heterocycles. The number of hydrogen-bond donors (Lipinski definition) is 1. The highest BCUT2D eigenvalue weighted by atomic mass is 16.5. The normalized spacial score (nSPS) is 22.8. The van der Waals surface area contributed by atoms with Crippen molar-refractivity contribution in [2.75, 3.05) is 0 Å². The molecule has 1 aromatic rings. The van der Waals surface area contributed by atoms with Crippen molar-refractivity contribution < 1.29 is 19.4 Å². The van der Waals surface area contributed by atoms with Crippen LogP contribution in [0.3, 0.4) is 0 Å². The Morgan fingerprint density at radius 2 is 2.12 bits per heavy atom. The van der Waals surface area contributed by atoms with Gasteiger partial charge in [0.25, 0.3) is 0 Å². The molecule has 0 aliphatic carbocycles. The van der Waals surface area contributed by atoms with Crippen molar-refractivity contribution in [3.63, 3.8) is 0 Å². The number of ether oxygens (including phenoxy) is 1. The second-order valence-corrected chi connectivity index (χ2v) is 4.14. The monoisotopic (exact) mass is 234 g/mol. The lowest BCUT2D eigenvalue weighted by Gasteiger charge is -2.30. The van der Waals surface area contributed by atoms with Crippen LogP contribution in [0.2, 0.25) is 0 Å². The number of carboxylic acids is 1. The summed E-state index contributed by atoms with van der Waals surface area (Å²) in [6, 6.07) is 6.75. The Bertz CT molecular complexity index is 452. The molecular formula is C13H14O4. The van der Waals surface area contributed by atoms with Crippen LogP contribution in [-0.4, -0.2) is 23.1 Å². The predicted octanol–water partition coefficient (Wildman–Crippen LogP) is 2.19. The zero-order valence-corrected chi connectivity index (χ0v) is 9.55. The number of rotatable bonds is 3. The molecule has 0 saturated carbocycles. The maximum atomic E-state index is 11.7. The number of carbonyl (C=O) groups is 2. The molecule has 4 nitrogen and oxygen atoms in total. The fraction of sp³-hybridized carbons (Fsp3) is 0.385. The summed E-state index contributed by atoms with van der Waals surface area (Å²) < 4.78 is 5.21. The van der Waals surface area contributed by atoms with E-state index >= 15 is 0 Å². The third-order valence-electron chi connectivity index (χ3n) is 2.99. The van der Waals surface area contributed by atoms with Gasteiger partial charge in [0.1, 0.15) is 12.0 Å². The summed E-state index contributed by atoms with van der Waals surface area (Å²) in [7, 11) is 0. The predicted molar refractivity (Wildman–Crippen MR) is 60.9 cm³/mol. The van der Waals surface area contributed by atoms with Crippen LogP contribution in [0.1, 0.15) is 41.6 Å². The van der Waals surface area contributed by atoms with E-state index in [9.17, 15) is 14.7 Å². The fourth-order valence-electron chi connectivity index (χ4n) is 2.23. The Kier molecular flexibility index (Phi) is 3.13. The summed E-state index contributed by atoms with van der Waals surface area (Å²) in [5.41, 5.74) is 0.932. The lowest BCUT2D eigenvalue weighted by atomic mass is 9.85.